The van der Waals surface area contributed by atoms with Gasteiger partial charge in [-0.15, -0.1) is 0 Å². The Morgan fingerprint density at radius 3 is 2.33 bits per heavy atom. The van der Waals surface area contributed by atoms with Crippen LogP contribution in [0, 0.1) is 27.6 Å². The van der Waals surface area contributed by atoms with Crippen LogP contribution in [0.5, 0.6) is 0 Å². The Morgan fingerprint density at radius 1 is 1.17 bits per heavy atom. The number of nitro groups is 1. The smallest absolute Gasteiger partial charge is 0.343 e. The molecule has 1 fully saturated rings. The van der Waals surface area contributed by atoms with E-state index < -0.39 is 56.5 Å². The Labute approximate surface area is 171 Å². The number of rotatable bonds is 9. The van der Waals surface area contributed by atoms with Crippen molar-refractivity contribution in [1.29, 1.82) is 0 Å². The van der Waals surface area contributed by atoms with Crippen LogP contribution in [-0.2, 0) is 16.0 Å². The Balaban J connectivity index is 2.60. The van der Waals surface area contributed by atoms with Crippen molar-refractivity contribution in [2.75, 3.05) is 6.61 Å². The first-order valence-corrected chi connectivity index (χ1v) is 9.76. The second-order valence-electron chi connectivity index (χ2n) is 6.93. The fourth-order valence-corrected chi connectivity index (χ4v) is 3.30. The van der Waals surface area contributed by atoms with E-state index >= 15 is 0 Å². The van der Waals surface area contributed by atoms with E-state index in [1.165, 1.54) is 6.92 Å². The van der Waals surface area contributed by atoms with Crippen molar-refractivity contribution in [3.63, 3.8) is 0 Å². The largest absolute Gasteiger partial charge is 0.462 e. The molecule has 0 bridgehead atoms. The minimum atomic E-state index is -1.95. The number of halogens is 3. The Morgan fingerprint density at radius 2 is 1.80 bits per heavy atom. The van der Waals surface area contributed by atoms with E-state index in [9.17, 15) is 32.9 Å². The third-order valence-corrected chi connectivity index (χ3v) is 4.87. The molecule has 1 aromatic rings. The summed E-state index contributed by atoms with van der Waals surface area (Å²) in [5.74, 6) is -7.83. The molecule has 0 amide bonds. The van der Waals surface area contributed by atoms with Crippen LogP contribution in [0.15, 0.2) is 11.8 Å². The number of ether oxygens (including phenoxy) is 1. The van der Waals surface area contributed by atoms with E-state index in [1.54, 1.807) is 6.92 Å². The van der Waals surface area contributed by atoms with Gasteiger partial charge in [0.2, 0.25) is 11.6 Å². The lowest BCUT2D eigenvalue weighted by molar-refractivity contribution is -0.388. The molecule has 164 valence electrons. The van der Waals surface area contributed by atoms with Gasteiger partial charge in [0.15, 0.2) is 5.82 Å². The summed E-state index contributed by atoms with van der Waals surface area (Å²) in [5.41, 5.74) is -4.48. The molecule has 7 nitrogen and oxygen atoms in total. The van der Waals surface area contributed by atoms with E-state index in [1.807, 2.05) is 0 Å². The van der Waals surface area contributed by atoms with E-state index in [-0.39, 0.29) is 19.1 Å². The SMILES string of the molecule is CCCOC(=O)C(=CNC1CCCC1)C(=O)c1c(F)c(CC)c(F)c(F)c1[N+](=O)[O-]. The number of benzene rings is 1. The number of carbonyl (C=O) groups excluding carboxylic acids is 2. The number of nitro benzene ring substituents is 1. The molecule has 10 heteroatoms. The summed E-state index contributed by atoms with van der Waals surface area (Å²) in [4.78, 5) is 35.3. The second-order valence-corrected chi connectivity index (χ2v) is 6.93. The van der Waals surface area contributed by atoms with Crippen LogP contribution in [0.3, 0.4) is 0 Å². The summed E-state index contributed by atoms with van der Waals surface area (Å²) in [7, 11) is 0. The predicted octanol–water partition coefficient (Wildman–Crippen LogP) is 4.13. The molecule has 0 atom stereocenters. The molecule has 1 aromatic carbocycles. The van der Waals surface area contributed by atoms with Gasteiger partial charge in [0.25, 0.3) is 0 Å². The topological polar surface area (TPSA) is 98.5 Å². The Kier molecular flexibility index (Phi) is 7.96. The number of ketones is 1. The van der Waals surface area contributed by atoms with Crippen LogP contribution in [0.4, 0.5) is 18.9 Å². The van der Waals surface area contributed by atoms with Crippen LogP contribution in [-0.4, -0.2) is 29.3 Å². The lowest BCUT2D eigenvalue weighted by Crippen LogP contribution is -2.26. The van der Waals surface area contributed by atoms with Crippen molar-refractivity contribution >= 4 is 17.4 Å². The molecule has 0 saturated heterocycles. The van der Waals surface area contributed by atoms with Gasteiger partial charge < -0.3 is 10.1 Å². The van der Waals surface area contributed by atoms with Gasteiger partial charge in [0.1, 0.15) is 17.0 Å². The third kappa shape index (κ3) is 4.80. The Bertz CT molecular complexity index is 880. The van der Waals surface area contributed by atoms with Gasteiger partial charge in [0, 0.05) is 17.8 Å². The molecule has 30 heavy (non-hydrogen) atoms. The summed E-state index contributed by atoms with van der Waals surface area (Å²) in [5, 5.41) is 14.2. The van der Waals surface area contributed by atoms with Gasteiger partial charge in [-0.3, -0.25) is 14.9 Å². The fraction of sp³-hybridized carbons (Fsp3) is 0.500. The van der Waals surface area contributed by atoms with Crippen LogP contribution in [0.1, 0.15) is 61.9 Å². The highest BCUT2D eigenvalue weighted by atomic mass is 19.2. The summed E-state index contributed by atoms with van der Waals surface area (Å²) in [6, 6.07) is -0.0391. The maximum atomic E-state index is 14.9. The highest BCUT2D eigenvalue weighted by Crippen LogP contribution is 2.33. The van der Waals surface area contributed by atoms with Gasteiger partial charge in [0.05, 0.1) is 11.5 Å². The monoisotopic (exact) mass is 428 g/mol. The maximum Gasteiger partial charge on any atom is 0.343 e. The van der Waals surface area contributed by atoms with E-state index in [2.05, 4.69) is 5.32 Å². The summed E-state index contributed by atoms with van der Waals surface area (Å²) < 4.78 is 48.2. The number of hydrogen-bond acceptors (Lipinski definition) is 6. The summed E-state index contributed by atoms with van der Waals surface area (Å²) in [6.07, 6.45) is 4.54. The van der Waals surface area contributed by atoms with Crippen LogP contribution >= 0.6 is 0 Å². The first kappa shape index (κ1) is 23.4. The number of nitrogens with one attached hydrogen (secondary N) is 1. The number of hydrogen-bond donors (Lipinski definition) is 1. The zero-order valence-electron chi connectivity index (χ0n) is 16.7. The lowest BCUT2D eigenvalue weighted by atomic mass is 9.96. The molecule has 1 saturated carbocycles. The molecule has 2 rings (SSSR count). The maximum absolute atomic E-state index is 14.9. The first-order chi connectivity index (χ1) is 14.2. The highest BCUT2D eigenvalue weighted by molar-refractivity contribution is 6.25. The zero-order valence-corrected chi connectivity index (χ0v) is 16.7. The molecule has 1 N–H and O–H groups in total. The minimum absolute atomic E-state index is 0.0391. The van der Waals surface area contributed by atoms with E-state index in [4.69, 9.17) is 4.74 Å². The quantitative estimate of drug-likeness (QED) is 0.0928. The third-order valence-electron chi connectivity index (χ3n) is 4.87. The molecule has 0 spiro atoms. The molecule has 0 heterocycles. The number of Topliss-reactive ketones (excluding diaryl/α,β-unsaturated/α-hetero) is 1. The van der Waals surface area contributed by atoms with Gasteiger partial charge in [-0.25, -0.2) is 13.6 Å². The van der Waals surface area contributed by atoms with Crippen molar-refractivity contribution in [3.8, 4) is 0 Å². The van der Waals surface area contributed by atoms with Crippen molar-refractivity contribution in [1.82, 2.24) is 5.32 Å². The van der Waals surface area contributed by atoms with Crippen LogP contribution < -0.4 is 5.32 Å². The highest BCUT2D eigenvalue weighted by Gasteiger charge is 2.38. The summed E-state index contributed by atoms with van der Waals surface area (Å²) >= 11 is 0. The van der Waals surface area contributed by atoms with Crippen molar-refractivity contribution in [3.05, 3.63) is 50.5 Å². The molecular formula is C20H23F3N2O5. The van der Waals surface area contributed by atoms with Crippen LogP contribution in [0.25, 0.3) is 0 Å². The van der Waals surface area contributed by atoms with Gasteiger partial charge in [-0.1, -0.05) is 26.7 Å². The summed E-state index contributed by atoms with van der Waals surface area (Å²) in [6.45, 7) is 2.97. The Hall–Kier alpha value is -2.91. The fourth-order valence-electron chi connectivity index (χ4n) is 3.30. The number of nitrogens with zero attached hydrogens (tertiary/aromatic N) is 1. The van der Waals surface area contributed by atoms with Crippen molar-refractivity contribution < 1.29 is 32.4 Å². The molecule has 1 aliphatic rings. The molecule has 0 unspecified atom stereocenters. The zero-order chi connectivity index (χ0) is 22.4. The number of carbonyl (C=O) groups is 2. The van der Waals surface area contributed by atoms with Gasteiger partial charge in [-0.2, -0.15) is 4.39 Å². The normalized spacial score (nSPS) is 14.6. The van der Waals surface area contributed by atoms with E-state index in [0.29, 0.717) is 6.42 Å². The predicted molar refractivity (Wildman–Crippen MR) is 101 cm³/mol. The average molecular weight is 428 g/mol. The molecule has 0 radical (unpaired) electrons. The second kappa shape index (κ2) is 10.2. The first-order valence-electron chi connectivity index (χ1n) is 9.76. The average Bonchev–Trinajstić information content (AvgIpc) is 3.22. The molecule has 0 aromatic heterocycles. The van der Waals surface area contributed by atoms with Crippen molar-refractivity contribution in [2.45, 2.75) is 58.4 Å². The minimum Gasteiger partial charge on any atom is -0.462 e. The van der Waals surface area contributed by atoms with Gasteiger partial charge in [-0.05, 0) is 25.7 Å². The number of esters is 1. The van der Waals surface area contributed by atoms with Crippen molar-refractivity contribution in [2.24, 2.45) is 0 Å². The van der Waals surface area contributed by atoms with Crippen LogP contribution in [0.2, 0.25) is 0 Å². The standard InChI is InChI=1S/C20H23F3N2O5/c1-3-9-30-20(27)13(10-24-11-7-5-6-8-11)19(26)14-15(21)12(4-2)16(22)17(23)18(14)25(28)29/h10-11,24H,3-9H2,1-2H3. The molecular weight excluding hydrogens is 405 g/mol. The lowest BCUT2D eigenvalue weighted by Gasteiger charge is -2.14. The van der Waals surface area contributed by atoms with E-state index in [0.717, 1.165) is 31.9 Å². The molecule has 0 aliphatic heterocycles. The van der Waals surface area contributed by atoms with Gasteiger partial charge >= 0.3 is 11.7 Å². The molecule has 1 aliphatic carbocycles.